The molecule has 3 heteroatoms. The molecule has 0 saturated heterocycles. The molecular formula is C9H13N3. The zero-order valence-corrected chi connectivity index (χ0v) is 7.32. The molecule has 0 aliphatic heterocycles. The number of aryl methyl sites for hydroxylation is 2. The van der Waals surface area contributed by atoms with Crippen LogP contribution in [0.15, 0.2) is 12.4 Å². The van der Waals surface area contributed by atoms with Crippen molar-refractivity contribution in [3.05, 3.63) is 18.2 Å². The average molecular weight is 163 g/mol. The Bertz CT molecular complexity index is 270. The Labute approximate surface area is 72.7 Å². The minimum absolute atomic E-state index is 0.660. The summed E-state index contributed by atoms with van der Waals surface area (Å²) in [5, 5.41) is 8.31. The van der Waals surface area contributed by atoms with Crippen molar-refractivity contribution in [2.45, 2.75) is 32.7 Å². The topological polar surface area (TPSA) is 41.6 Å². The van der Waals surface area contributed by atoms with Gasteiger partial charge >= 0.3 is 0 Å². The molecule has 0 radical (unpaired) electrons. The molecule has 12 heavy (non-hydrogen) atoms. The zero-order chi connectivity index (χ0) is 8.81. The first kappa shape index (κ1) is 8.79. The number of hydrogen-bond donors (Lipinski definition) is 0. The summed E-state index contributed by atoms with van der Waals surface area (Å²) in [6, 6.07) is 2.14. The van der Waals surface area contributed by atoms with Crippen LogP contribution in [0.1, 0.15) is 25.1 Å². The number of nitrogens with zero attached hydrogens (tertiary/aromatic N) is 3. The first-order chi connectivity index (χ1) is 5.84. The summed E-state index contributed by atoms with van der Waals surface area (Å²) in [4.78, 5) is 4.11. The van der Waals surface area contributed by atoms with Crippen molar-refractivity contribution < 1.29 is 0 Å². The number of rotatable bonds is 4. The maximum absolute atomic E-state index is 8.31. The van der Waals surface area contributed by atoms with Gasteiger partial charge in [0.25, 0.3) is 0 Å². The lowest BCUT2D eigenvalue weighted by molar-refractivity contribution is 0.602. The van der Waals surface area contributed by atoms with Gasteiger partial charge in [-0.2, -0.15) is 5.26 Å². The number of unbranched alkanes of at least 4 members (excludes halogenated alkanes) is 2. The number of hydrogen-bond acceptors (Lipinski definition) is 2. The summed E-state index contributed by atoms with van der Waals surface area (Å²) >= 11 is 0. The molecule has 1 aromatic heterocycles. The number of aromatic nitrogens is 2. The highest BCUT2D eigenvalue weighted by atomic mass is 15.0. The number of imidazole rings is 1. The third-order valence-electron chi connectivity index (χ3n) is 1.86. The lowest BCUT2D eigenvalue weighted by Gasteiger charge is -2.02. The molecule has 0 saturated carbocycles. The van der Waals surface area contributed by atoms with Crippen LogP contribution >= 0.6 is 0 Å². The van der Waals surface area contributed by atoms with Crippen LogP contribution in [0.2, 0.25) is 0 Å². The highest BCUT2D eigenvalue weighted by molar-refractivity contribution is 4.88. The summed E-state index contributed by atoms with van der Waals surface area (Å²) in [6.45, 7) is 2.97. The Morgan fingerprint density at radius 1 is 1.58 bits per heavy atom. The van der Waals surface area contributed by atoms with Crippen molar-refractivity contribution in [1.82, 2.24) is 9.55 Å². The van der Waals surface area contributed by atoms with E-state index in [-0.39, 0.29) is 0 Å². The molecule has 0 unspecified atom stereocenters. The van der Waals surface area contributed by atoms with Crippen molar-refractivity contribution >= 4 is 0 Å². The minimum atomic E-state index is 0.660. The van der Waals surface area contributed by atoms with E-state index in [0.717, 1.165) is 25.2 Å². The molecule has 0 atom stereocenters. The molecule has 1 heterocycles. The van der Waals surface area contributed by atoms with Gasteiger partial charge in [0.2, 0.25) is 0 Å². The van der Waals surface area contributed by atoms with E-state index >= 15 is 0 Å². The molecule has 3 nitrogen and oxygen atoms in total. The molecule has 0 spiro atoms. The van der Waals surface area contributed by atoms with E-state index in [1.54, 1.807) is 6.20 Å². The summed E-state index contributed by atoms with van der Waals surface area (Å²) in [5.41, 5.74) is 0. The third kappa shape index (κ3) is 2.39. The van der Waals surface area contributed by atoms with Gasteiger partial charge in [0.1, 0.15) is 5.82 Å². The van der Waals surface area contributed by atoms with E-state index in [4.69, 9.17) is 5.26 Å². The van der Waals surface area contributed by atoms with Gasteiger partial charge in [0.15, 0.2) is 0 Å². The summed E-state index contributed by atoms with van der Waals surface area (Å²) < 4.78 is 2.11. The highest BCUT2D eigenvalue weighted by Gasteiger charge is 1.94. The van der Waals surface area contributed by atoms with Crippen LogP contribution in [0.3, 0.4) is 0 Å². The second kappa shape index (κ2) is 4.55. The van der Waals surface area contributed by atoms with Crippen LogP contribution in [0.25, 0.3) is 0 Å². The van der Waals surface area contributed by atoms with Crippen LogP contribution in [0.4, 0.5) is 0 Å². The zero-order valence-electron chi connectivity index (χ0n) is 7.32. The molecule has 0 aliphatic rings. The van der Waals surface area contributed by atoms with E-state index < -0.39 is 0 Å². The summed E-state index contributed by atoms with van der Waals surface area (Å²) in [5.74, 6) is 1.05. The monoisotopic (exact) mass is 163 g/mol. The van der Waals surface area contributed by atoms with Gasteiger partial charge in [-0.3, -0.25) is 0 Å². The standard InChI is InChI=1S/C9H13N3/c1-9-11-6-8-12(9)7-4-2-3-5-10/h6,8H,2-4,7H2,1H3. The quantitative estimate of drug-likeness (QED) is 0.636. The van der Waals surface area contributed by atoms with Crippen molar-refractivity contribution in [3.8, 4) is 6.07 Å². The predicted octanol–water partition coefficient (Wildman–Crippen LogP) is 1.89. The average Bonchev–Trinajstić information content (AvgIpc) is 2.46. The summed E-state index contributed by atoms with van der Waals surface area (Å²) in [6.07, 6.45) is 6.48. The molecular weight excluding hydrogens is 150 g/mol. The Morgan fingerprint density at radius 2 is 2.42 bits per heavy atom. The second-order valence-electron chi connectivity index (χ2n) is 2.78. The SMILES string of the molecule is Cc1nccn1CCCCC#N. The molecule has 1 aromatic rings. The maximum Gasteiger partial charge on any atom is 0.105 e. The Kier molecular flexibility index (Phi) is 3.34. The molecule has 0 bridgehead atoms. The molecule has 64 valence electrons. The summed E-state index contributed by atoms with van der Waals surface area (Å²) in [7, 11) is 0. The Hall–Kier alpha value is -1.30. The normalized spacial score (nSPS) is 9.67. The second-order valence-corrected chi connectivity index (χ2v) is 2.78. The highest BCUT2D eigenvalue weighted by Crippen LogP contribution is 2.01. The van der Waals surface area contributed by atoms with Gasteiger partial charge in [-0.1, -0.05) is 0 Å². The molecule has 0 aromatic carbocycles. The maximum atomic E-state index is 8.31. The number of nitriles is 1. The van der Waals surface area contributed by atoms with Crippen molar-refractivity contribution in [1.29, 1.82) is 5.26 Å². The fourth-order valence-electron chi connectivity index (χ4n) is 1.13. The van der Waals surface area contributed by atoms with Crippen molar-refractivity contribution in [2.75, 3.05) is 0 Å². The first-order valence-corrected chi connectivity index (χ1v) is 4.19. The van der Waals surface area contributed by atoms with E-state index in [9.17, 15) is 0 Å². The van der Waals surface area contributed by atoms with Crippen LogP contribution in [-0.2, 0) is 6.54 Å². The predicted molar refractivity (Wildman–Crippen MR) is 46.4 cm³/mol. The van der Waals surface area contributed by atoms with Gasteiger partial charge in [0.05, 0.1) is 6.07 Å². The van der Waals surface area contributed by atoms with Crippen LogP contribution < -0.4 is 0 Å². The fourth-order valence-corrected chi connectivity index (χ4v) is 1.13. The van der Waals surface area contributed by atoms with Gasteiger partial charge in [-0.05, 0) is 19.8 Å². The molecule has 1 rings (SSSR count). The largest absolute Gasteiger partial charge is 0.335 e. The fraction of sp³-hybridized carbons (Fsp3) is 0.556. The van der Waals surface area contributed by atoms with Crippen LogP contribution in [0.5, 0.6) is 0 Å². The molecule has 0 N–H and O–H groups in total. The van der Waals surface area contributed by atoms with Crippen LogP contribution in [0, 0.1) is 18.3 Å². The third-order valence-corrected chi connectivity index (χ3v) is 1.86. The van der Waals surface area contributed by atoms with Crippen molar-refractivity contribution in [3.63, 3.8) is 0 Å². The van der Waals surface area contributed by atoms with Crippen molar-refractivity contribution in [2.24, 2.45) is 0 Å². The lowest BCUT2D eigenvalue weighted by Crippen LogP contribution is -1.98. The molecule has 0 fully saturated rings. The van der Waals surface area contributed by atoms with Gasteiger partial charge in [-0.15, -0.1) is 0 Å². The van der Waals surface area contributed by atoms with E-state index in [1.807, 2.05) is 13.1 Å². The lowest BCUT2D eigenvalue weighted by atomic mass is 10.2. The van der Waals surface area contributed by atoms with E-state index in [2.05, 4.69) is 15.6 Å². The Balaban J connectivity index is 2.25. The van der Waals surface area contributed by atoms with Crippen LogP contribution in [-0.4, -0.2) is 9.55 Å². The van der Waals surface area contributed by atoms with Gasteiger partial charge in [-0.25, -0.2) is 4.98 Å². The molecule has 0 amide bonds. The van der Waals surface area contributed by atoms with E-state index in [1.165, 1.54) is 0 Å². The Morgan fingerprint density at radius 3 is 3.00 bits per heavy atom. The smallest absolute Gasteiger partial charge is 0.105 e. The van der Waals surface area contributed by atoms with Gasteiger partial charge in [0, 0.05) is 25.4 Å². The minimum Gasteiger partial charge on any atom is -0.335 e. The molecule has 0 aliphatic carbocycles. The van der Waals surface area contributed by atoms with Gasteiger partial charge < -0.3 is 4.57 Å². The van der Waals surface area contributed by atoms with E-state index in [0.29, 0.717) is 6.42 Å². The first-order valence-electron chi connectivity index (χ1n) is 4.19.